The Morgan fingerprint density at radius 1 is 1.65 bits per heavy atom. The van der Waals surface area contributed by atoms with Crippen molar-refractivity contribution in [1.29, 1.82) is 0 Å². The monoisotopic (exact) mass is 252 g/mol. The van der Waals surface area contributed by atoms with E-state index in [2.05, 4.69) is 10.3 Å². The molecule has 2 heterocycles. The summed E-state index contributed by atoms with van der Waals surface area (Å²) < 4.78 is 5.44. The van der Waals surface area contributed by atoms with Crippen LogP contribution in [-0.2, 0) is 21.5 Å². The van der Waals surface area contributed by atoms with Gasteiger partial charge in [0.15, 0.2) is 12.5 Å². The fourth-order valence-electron chi connectivity index (χ4n) is 2.78. The van der Waals surface area contributed by atoms with Crippen molar-refractivity contribution in [3.63, 3.8) is 0 Å². The Morgan fingerprint density at radius 3 is 3.29 bits per heavy atom. The van der Waals surface area contributed by atoms with Crippen molar-refractivity contribution in [3.8, 4) is 0 Å². The predicted molar refractivity (Wildman–Crippen MR) is 62.8 cm³/mol. The molecule has 0 bridgehead atoms. The summed E-state index contributed by atoms with van der Waals surface area (Å²) in [5.74, 6) is 0. The topological polar surface area (TPSA) is 51.2 Å². The van der Waals surface area contributed by atoms with Crippen LogP contribution in [0, 0.1) is 0 Å². The third-order valence-corrected chi connectivity index (χ3v) is 3.78. The van der Waals surface area contributed by atoms with Gasteiger partial charge >= 0.3 is 0 Å². The second-order valence-electron chi connectivity index (χ2n) is 4.61. The summed E-state index contributed by atoms with van der Waals surface area (Å²) in [5, 5.41) is 3.78. The number of nitrogens with one attached hydrogen (secondary N) is 1. The average molecular weight is 253 g/mol. The van der Waals surface area contributed by atoms with E-state index in [1.165, 1.54) is 5.56 Å². The first-order chi connectivity index (χ1) is 8.23. The van der Waals surface area contributed by atoms with E-state index in [1.807, 2.05) is 6.07 Å². The largest absolute Gasteiger partial charge is 0.354 e. The Balaban J connectivity index is 2.02. The molecular formula is C12H13ClN2O2. The van der Waals surface area contributed by atoms with Crippen LogP contribution in [0.4, 0.5) is 0 Å². The second-order valence-corrected chi connectivity index (χ2v) is 5.00. The number of carbonyl (C=O) groups excluding carboxylic acids is 1. The van der Waals surface area contributed by atoms with Gasteiger partial charge < -0.3 is 4.74 Å². The van der Waals surface area contributed by atoms with Crippen molar-refractivity contribution in [2.45, 2.75) is 31.0 Å². The van der Waals surface area contributed by atoms with Gasteiger partial charge in [0.25, 0.3) is 0 Å². The molecule has 0 amide bonds. The molecule has 1 saturated heterocycles. The van der Waals surface area contributed by atoms with Crippen LogP contribution < -0.4 is 5.32 Å². The maximum absolute atomic E-state index is 10.8. The number of fused-ring (bicyclic) bond motifs is 2. The number of pyridine rings is 1. The van der Waals surface area contributed by atoms with Gasteiger partial charge in [0.1, 0.15) is 5.15 Å². The Hall–Kier alpha value is -0.970. The van der Waals surface area contributed by atoms with Gasteiger partial charge in [0.2, 0.25) is 0 Å². The minimum absolute atomic E-state index is 0.253. The van der Waals surface area contributed by atoms with Crippen molar-refractivity contribution in [2.24, 2.45) is 0 Å². The number of halogens is 1. The smallest absolute Gasteiger partial charge is 0.165 e. The van der Waals surface area contributed by atoms with E-state index in [1.54, 1.807) is 6.20 Å². The first kappa shape index (κ1) is 11.1. The second kappa shape index (κ2) is 4.05. The van der Waals surface area contributed by atoms with Crippen molar-refractivity contribution < 1.29 is 9.53 Å². The first-order valence-corrected chi connectivity index (χ1v) is 6.11. The van der Waals surface area contributed by atoms with E-state index < -0.39 is 6.23 Å². The van der Waals surface area contributed by atoms with Crippen LogP contribution in [0.2, 0.25) is 5.15 Å². The number of hydrogen-bond donors (Lipinski definition) is 1. The Labute approximate surface area is 104 Å². The number of rotatable bonds is 1. The zero-order valence-corrected chi connectivity index (χ0v) is 10.0. The Bertz CT molecular complexity index is 466. The number of aromatic nitrogens is 1. The van der Waals surface area contributed by atoms with Gasteiger partial charge in [-0.2, -0.15) is 0 Å². The maximum atomic E-state index is 10.8. The van der Waals surface area contributed by atoms with Gasteiger partial charge in [-0.1, -0.05) is 11.6 Å². The third-order valence-electron chi connectivity index (χ3n) is 3.57. The van der Waals surface area contributed by atoms with Crippen LogP contribution in [0.1, 0.15) is 24.0 Å². The first-order valence-electron chi connectivity index (χ1n) is 5.73. The number of nitrogens with zero attached hydrogens (tertiary/aromatic N) is 1. The molecule has 2 atom stereocenters. The van der Waals surface area contributed by atoms with Gasteiger partial charge in [-0.05, 0) is 36.5 Å². The molecule has 2 aliphatic rings. The summed E-state index contributed by atoms with van der Waals surface area (Å²) in [4.78, 5) is 14.9. The summed E-state index contributed by atoms with van der Waals surface area (Å²) >= 11 is 5.91. The number of hydrogen-bond acceptors (Lipinski definition) is 4. The van der Waals surface area contributed by atoms with E-state index in [4.69, 9.17) is 16.3 Å². The van der Waals surface area contributed by atoms with Crippen LogP contribution in [0.25, 0.3) is 0 Å². The van der Waals surface area contributed by atoms with Gasteiger partial charge in [-0.25, -0.2) is 4.98 Å². The zero-order chi connectivity index (χ0) is 11.9. The summed E-state index contributed by atoms with van der Waals surface area (Å²) in [7, 11) is 0. The van der Waals surface area contributed by atoms with E-state index in [9.17, 15) is 4.79 Å². The molecule has 1 fully saturated rings. The minimum Gasteiger partial charge on any atom is -0.354 e. The van der Waals surface area contributed by atoms with Gasteiger partial charge in [0.05, 0.1) is 12.1 Å². The van der Waals surface area contributed by atoms with E-state index >= 15 is 0 Å². The standard InChI is InChI=1S/C12H13ClN2O2/c13-10-4-8-2-1-3-12(9(8)5-14-10)7-17-11(6-16)15-12/h4-6,11,15H,1-3,7H2/t11?,12-/m1/s1. The van der Waals surface area contributed by atoms with Gasteiger partial charge in [-0.15, -0.1) is 0 Å². The molecule has 1 aromatic rings. The molecule has 1 unspecified atom stereocenters. The molecule has 3 rings (SSSR count). The van der Waals surface area contributed by atoms with Crippen molar-refractivity contribution >= 4 is 17.9 Å². The van der Waals surface area contributed by atoms with Crippen LogP contribution in [0.15, 0.2) is 12.3 Å². The highest BCUT2D eigenvalue weighted by Crippen LogP contribution is 2.38. The molecular weight excluding hydrogens is 240 g/mol. The summed E-state index contributed by atoms with van der Waals surface area (Å²) in [6, 6.07) is 1.91. The molecule has 1 spiro atoms. The highest BCUT2D eigenvalue weighted by atomic mass is 35.5. The number of aldehydes is 1. The molecule has 1 aliphatic heterocycles. The van der Waals surface area contributed by atoms with Gasteiger partial charge in [-0.3, -0.25) is 10.1 Å². The molecule has 0 aromatic carbocycles. The molecule has 0 saturated carbocycles. The lowest BCUT2D eigenvalue weighted by Crippen LogP contribution is -2.45. The Morgan fingerprint density at radius 2 is 2.53 bits per heavy atom. The normalized spacial score (nSPS) is 31.5. The molecule has 5 heteroatoms. The van der Waals surface area contributed by atoms with E-state index in [0.29, 0.717) is 11.8 Å². The molecule has 1 aromatic heterocycles. The fourth-order valence-corrected chi connectivity index (χ4v) is 2.96. The van der Waals surface area contributed by atoms with E-state index in [-0.39, 0.29) is 5.54 Å². The molecule has 1 aliphatic carbocycles. The lowest BCUT2D eigenvalue weighted by Gasteiger charge is -2.34. The zero-order valence-electron chi connectivity index (χ0n) is 9.28. The molecule has 0 radical (unpaired) electrons. The highest BCUT2D eigenvalue weighted by Gasteiger charge is 2.43. The van der Waals surface area contributed by atoms with Crippen molar-refractivity contribution in [3.05, 3.63) is 28.5 Å². The van der Waals surface area contributed by atoms with E-state index in [0.717, 1.165) is 31.1 Å². The van der Waals surface area contributed by atoms with Crippen LogP contribution in [0.5, 0.6) is 0 Å². The lowest BCUT2D eigenvalue weighted by molar-refractivity contribution is -0.116. The average Bonchev–Trinajstić information content (AvgIpc) is 2.73. The van der Waals surface area contributed by atoms with Crippen LogP contribution in [0.3, 0.4) is 0 Å². The third kappa shape index (κ3) is 1.76. The predicted octanol–water partition coefficient (Wildman–Crippen LogP) is 1.41. The highest BCUT2D eigenvalue weighted by molar-refractivity contribution is 6.29. The maximum Gasteiger partial charge on any atom is 0.165 e. The molecule has 17 heavy (non-hydrogen) atoms. The summed E-state index contributed by atoms with van der Waals surface area (Å²) in [5.41, 5.74) is 2.08. The number of ether oxygens (including phenoxy) is 1. The summed E-state index contributed by atoms with van der Waals surface area (Å²) in [6.07, 6.45) is 5.14. The number of aryl methyl sites for hydroxylation is 1. The lowest BCUT2D eigenvalue weighted by atomic mass is 9.78. The SMILES string of the molecule is O=CC1N[C@]2(CCCc3cc(Cl)ncc32)CO1. The molecule has 1 N–H and O–H groups in total. The number of carbonyl (C=O) groups is 1. The van der Waals surface area contributed by atoms with Crippen molar-refractivity contribution in [2.75, 3.05) is 6.61 Å². The minimum atomic E-state index is -0.503. The van der Waals surface area contributed by atoms with Crippen LogP contribution >= 0.6 is 11.6 Å². The molecule has 4 nitrogen and oxygen atoms in total. The van der Waals surface area contributed by atoms with Gasteiger partial charge in [0, 0.05) is 6.20 Å². The Kier molecular flexibility index (Phi) is 2.65. The van der Waals surface area contributed by atoms with Crippen LogP contribution in [-0.4, -0.2) is 24.1 Å². The summed E-state index contributed by atoms with van der Waals surface area (Å²) in [6.45, 7) is 0.521. The van der Waals surface area contributed by atoms with Crippen molar-refractivity contribution in [1.82, 2.24) is 10.3 Å². The fraction of sp³-hybridized carbons (Fsp3) is 0.500. The quantitative estimate of drug-likeness (QED) is 0.607. The molecule has 90 valence electrons.